The van der Waals surface area contributed by atoms with Crippen molar-refractivity contribution in [3.63, 3.8) is 0 Å². The number of hydrogen-bond donors (Lipinski definition) is 1. The number of rotatable bonds is 3. The van der Waals surface area contributed by atoms with Gasteiger partial charge >= 0.3 is 0 Å². The molecule has 0 saturated carbocycles. The number of halogens is 1. The van der Waals surface area contributed by atoms with Crippen molar-refractivity contribution in [2.24, 2.45) is 0 Å². The number of thiazole rings is 1. The van der Waals surface area contributed by atoms with Crippen molar-refractivity contribution in [3.8, 4) is 0 Å². The Bertz CT molecular complexity index is 690. The molecule has 0 saturated heterocycles. The van der Waals surface area contributed by atoms with Gasteiger partial charge in [-0.2, -0.15) is 0 Å². The maximum Gasteiger partial charge on any atom is 0.266 e. The normalized spacial score (nSPS) is 14.4. The van der Waals surface area contributed by atoms with Crippen LogP contribution in [0.15, 0.2) is 17.3 Å². The van der Waals surface area contributed by atoms with Gasteiger partial charge < -0.3 is 0 Å². The fourth-order valence-corrected chi connectivity index (χ4v) is 4.12. The van der Waals surface area contributed by atoms with Crippen molar-refractivity contribution in [1.29, 1.82) is 0 Å². The highest BCUT2D eigenvalue weighted by atomic mass is 35.5. The van der Waals surface area contributed by atoms with Gasteiger partial charge in [-0.25, -0.2) is 23.4 Å². The molecular weight excluding hydrogens is 308 g/mol. The predicted molar refractivity (Wildman–Crippen MR) is 72.0 cm³/mol. The highest BCUT2D eigenvalue weighted by Gasteiger charge is 2.21. The van der Waals surface area contributed by atoms with Gasteiger partial charge in [-0.3, -0.25) is 4.72 Å². The van der Waals surface area contributed by atoms with E-state index in [1.165, 1.54) is 23.7 Å². The van der Waals surface area contributed by atoms with Gasteiger partial charge in [-0.05, 0) is 30.9 Å². The van der Waals surface area contributed by atoms with Crippen LogP contribution in [0, 0.1) is 0 Å². The zero-order valence-corrected chi connectivity index (χ0v) is 12.0. The summed E-state index contributed by atoms with van der Waals surface area (Å²) in [4.78, 5) is 12.7. The molecule has 2 aromatic heterocycles. The van der Waals surface area contributed by atoms with E-state index >= 15 is 0 Å². The van der Waals surface area contributed by atoms with E-state index in [0.29, 0.717) is 5.13 Å². The van der Waals surface area contributed by atoms with Crippen molar-refractivity contribution in [2.45, 2.75) is 24.2 Å². The van der Waals surface area contributed by atoms with Crippen LogP contribution >= 0.6 is 22.9 Å². The van der Waals surface area contributed by atoms with Crippen LogP contribution in [-0.2, 0) is 22.9 Å². The van der Waals surface area contributed by atoms with Gasteiger partial charge in [-0.1, -0.05) is 0 Å². The molecule has 1 aliphatic rings. The van der Waals surface area contributed by atoms with Gasteiger partial charge in [0.1, 0.15) is 4.90 Å². The minimum atomic E-state index is -3.70. The van der Waals surface area contributed by atoms with Crippen LogP contribution in [0.1, 0.15) is 17.0 Å². The summed E-state index contributed by atoms with van der Waals surface area (Å²) >= 11 is 6.90. The van der Waals surface area contributed by atoms with Crippen LogP contribution < -0.4 is 4.72 Å². The summed E-state index contributed by atoms with van der Waals surface area (Å²) in [6, 6.07) is 0. The quantitative estimate of drug-likeness (QED) is 0.874. The second-order valence-corrected chi connectivity index (χ2v) is 7.14. The Hall–Kier alpha value is -1.25. The van der Waals surface area contributed by atoms with Crippen LogP contribution in [0.3, 0.4) is 0 Å². The lowest BCUT2D eigenvalue weighted by molar-refractivity contribution is 0.600. The molecule has 6 nitrogen and oxygen atoms in total. The first-order valence-electron chi connectivity index (χ1n) is 5.53. The van der Waals surface area contributed by atoms with Gasteiger partial charge in [-0.15, -0.1) is 11.3 Å². The number of aryl methyl sites for hydroxylation is 2. The van der Waals surface area contributed by atoms with Crippen LogP contribution in [0.2, 0.25) is 5.28 Å². The average molecular weight is 317 g/mol. The van der Waals surface area contributed by atoms with Gasteiger partial charge in [0.2, 0.25) is 5.28 Å². The lowest BCUT2D eigenvalue weighted by Crippen LogP contribution is -2.13. The van der Waals surface area contributed by atoms with Gasteiger partial charge in [0, 0.05) is 4.88 Å². The monoisotopic (exact) mass is 316 g/mol. The maximum atomic E-state index is 12.1. The summed E-state index contributed by atoms with van der Waals surface area (Å²) in [5.74, 6) is 0. The lowest BCUT2D eigenvalue weighted by Gasteiger charge is -2.04. The SMILES string of the molecule is O=S(=O)(Nc1nc2c(s1)CCC2)c1cnc(Cl)nc1. The first-order valence-corrected chi connectivity index (χ1v) is 8.21. The lowest BCUT2D eigenvalue weighted by atomic mass is 10.4. The Labute approximate surface area is 118 Å². The molecule has 0 bridgehead atoms. The Morgan fingerprint density at radius 2 is 2.00 bits per heavy atom. The number of anilines is 1. The second-order valence-electron chi connectivity index (χ2n) is 4.04. The Morgan fingerprint density at radius 1 is 1.26 bits per heavy atom. The predicted octanol–water partition coefficient (Wildman–Crippen LogP) is 1.88. The molecule has 9 heteroatoms. The standard InChI is InChI=1S/C10H9ClN4O2S2/c11-9-12-4-6(5-13-9)19(16,17)15-10-14-7-2-1-3-8(7)18-10/h4-5H,1-3H2,(H,14,15). The molecule has 2 aromatic rings. The van der Waals surface area contributed by atoms with Crippen LogP contribution in [0.4, 0.5) is 5.13 Å². The van der Waals surface area contributed by atoms with Gasteiger partial charge in [0.05, 0.1) is 18.1 Å². The summed E-state index contributed by atoms with van der Waals surface area (Å²) in [6.45, 7) is 0. The Balaban J connectivity index is 1.86. The molecule has 1 aliphatic carbocycles. The average Bonchev–Trinajstić information content (AvgIpc) is 2.89. The summed E-state index contributed by atoms with van der Waals surface area (Å²) in [5, 5.41) is 0.395. The molecule has 0 aliphatic heterocycles. The molecule has 3 rings (SSSR count). The minimum absolute atomic E-state index is 0.00664. The molecule has 0 radical (unpaired) electrons. The summed E-state index contributed by atoms with van der Waals surface area (Å²) in [7, 11) is -3.70. The largest absolute Gasteiger partial charge is 0.266 e. The highest BCUT2D eigenvalue weighted by molar-refractivity contribution is 7.93. The molecule has 0 atom stereocenters. The topological polar surface area (TPSA) is 84.8 Å². The molecule has 1 N–H and O–H groups in total. The van der Waals surface area contributed by atoms with Crippen LogP contribution in [0.25, 0.3) is 0 Å². The highest BCUT2D eigenvalue weighted by Crippen LogP contribution is 2.31. The number of hydrogen-bond acceptors (Lipinski definition) is 6. The number of sulfonamides is 1. The van der Waals surface area contributed by atoms with Gasteiger partial charge in [0.15, 0.2) is 5.13 Å². The molecule has 0 spiro atoms. The van der Waals surface area contributed by atoms with Crippen molar-refractivity contribution in [3.05, 3.63) is 28.2 Å². The van der Waals surface area contributed by atoms with Crippen molar-refractivity contribution in [2.75, 3.05) is 4.72 Å². The number of nitrogens with one attached hydrogen (secondary N) is 1. The molecular formula is C10H9ClN4O2S2. The first-order chi connectivity index (χ1) is 9.04. The van der Waals surface area contributed by atoms with E-state index in [0.717, 1.165) is 29.8 Å². The fraction of sp³-hybridized carbons (Fsp3) is 0.300. The third-order valence-electron chi connectivity index (χ3n) is 2.72. The first kappa shape index (κ1) is 12.8. The van der Waals surface area contributed by atoms with Gasteiger partial charge in [0.25, 0.3) is 10.0 Å². The molecule has 0 aromatic carbocycles. The molecule has 100 valence electrons. The molecule has 19 heavy (non-hydrogen) atoms. The maximum absolute atomic E-state index is 12.1. The smallest absolute Gasteiger partial charge is 0.255 e. The van der Waals surface area contributed by atoms with E-state index < -0.39 is 10.0 Å². The Morgan fingerprint density at radius 3 is 2.68 bits per heavy atom. The van der Waals surface area contributed by atoms with E-state index in [1.807, 2.05) is 0 Å². The van der Waals surface area contributed by atoms with Crippen molar-refractivity contribution in [1.82, 2.24) is 15.0 Å². The fourth-order valence-electron chi connectivity index (χ4n) is 1.85. The third kappa shape index (κ3) is 2.56. The summed E-state index contributed by atoms with van der Waals surface area (Å²) in [5.41, 5.74) is 0.995. The van der Waals surface area contributed by atoms with E-state index in [9.17, 15) is 8.42 Å². The summed E-state index contributed by atoms with van der Waals surface area (Å²) < 4.78 is 26.6. The van der Waals surface area contributed by atoms with Crippen molar-refractivity contribution < 1.29 is 8.42 Å². The molecule has 0 amide bonds. The van der Waals surface area contributed by atoms with E-state index in [2.05, 4.69) is 19.7 Å². The van der Waals surface area contributed by atoms with Crippen molar-refractivity contribution >= 4 is 38.1 Å². The van der Waals surface area contributed by atoms with Crippen LogP contribution in [-0.4, -0.2) is 23.4 Å². The summed E-state index contributed by atoms with van der Waals surface area (Å²) in [6.07, 6.45) is 5.31. The molecule has 0 unspecified atom stereocenters. The zero-order valence-electron chi connectivity index (χ0n) is 9.63. The molecule has 2 heterocycles. The third-order valence-corrected chi connectivity index (χ3v) is 5.42. The Kier molecular flexibility index (Phi) is 3.15. The number of nitrogens with zero attached hydrogens (tertiary/aromatic N) is 3. The zero-order chi connectivity index (χ0) is 13.5. The second kappa shape index (κ2) is 4.69. The number of aromatic nitrogens is 3. The molecule has 0 fully saturated rings. The number of fused-ring (bicyclic) bond motifs is 1. The van der Waals surface area contributed by atoms with E-state index in [4.69, 9.17) is 11.6 Å². The van der Waals surface area contributed by atoms with E-state index in [1.54, 1.807) is 0 Å². The van der Waals surface area contributed by atoms with Crippen LogP contribution in [0.5, 0.6) is 0 Å². The minimum Gasteiger partial charge on any atom is -0.255 e. The van der Waals surface area contributed by atoms with E-state index in [-0.39, 0.29) is 10.2 Å².